The molecule has 1 N–H and O–H groups in total. The first-order valence-electron chi connectivity index (χ1n) is 10.3. The molecule has 2 fully saturated rings. The van der Waals surface area contributed by atoms with Gasteiger partial charge in [-0.2, -0.15) is 0 Å². The number of hydrogen-bond donors (Lipinski definition) is 1. The van der Waals surface area contributed by atoms with E-state index in [0.717, 1.165) is 23.6 Å². The van der Waals surface area contributed by atoms with Crippen LogP contribution in [0.2, 0.25) is 0 Å². The number of benzene rings is 2. The summed E-state index contributed by atoms with van der Waals surface area (Å²) in [7, 11) is 0. The van der Waals surface area contributed by atoms with Crippen LogP contribution in [0.5, 0.6) is 0 Å². The second-order valence-corrected chi connectivity index (χ2v) is 8.37. The zero-order valence-corrected chi connectivity index (χ0v) is 16.1. The van der Waals surface area contributed by atoms with E-state index >= 15 is 0 Å². The van der Waals surface area contributed by atoms with Crippen molar-refractivity contribution in [2.75, 3.05) is 6.54 Å². The zero-order chi connectivity index (χ0) is 19.4. The van der Waals surface area contributed by atoms with Crippen LogP contribution in [0.4, 0.5) is 4.39 Å². The first-order chi connectivity index (χ1) is 13.6. The van der Waals surface area contributed by atoms with Crippen molar-refractivity contribution >= 4 is 5.91 Å². The summed E-state index contributed by atoms with van der Waals surface area (Å²) in [4.78, 5) is 12.6. The van der Waals surface area contributed by atoms with E-state index in [1.54, 1.807) is 12.1 Å². The molecule has 144 valence electrons. The number of carbonyl (C=O) groups excluding carboxylic acids is 1. The summed E-state index contributed by atoms with van der Waals surface area (Å²) in [5, 5.41) is 3.19. The van der Waals surface area contributed by atoms with Gasteiger partial charge in [-0.05, 0) is 79.1 Å². The molecule has 0 radical (unpaired) electrons. The Morgan fingerprint density at radius 2 is 1.54 bits per heavy atom. The highest BCUT2D eigenvalue weighted by Crippen LogP contribution is 2.48. The molecule has 2 aromatic carbocycles. The van der Waals surface area contributed by atoms with Gasteiger partial charge >= 0.3 is 0 Å². The lowest BCUT2D eigenvalue weighted by Gasteiger charge is -2.29. The zero-order valence-electron chi connectivity index (χ0n) is 16.1. The summed E-state index contributed by atoms with van der Waals surface area (Å²) >= 11 is 0. The highest BCUT2D eigenvalue weighted by molar-refractivity contribution is 5.94. The van der Waals surface area contributed by atoms with Crippen molar-refractivity contribution in [1.82, 2.24) is 5.32 Å². The summed E-state index contributed by atoms with van der Waals surface area (Å²) in [5.41, 5.74) is 2.60. The molecule has 0 aliphatic heterocycles. The van der Waals surface area contributed by atoms with Gasteiger partial charge in [-0.1, -0.05) is 37.5 Å². The van der Waals surface area contributed by atoms with Crippen LogP contribution in [-0.2, 0) is 0 Å². The Bertz CT molecular complexity index is 879. The van der Waals surface area contributed by atoms with Crippen LogP contribution in [0, 0.1) is 29.0 Å². The van der Waals surface area contributed by atoms with E-state index in [9.17, 15) is 9.18 Å². The lowest BCUT2D eigenvalue weighted by molar-refractivity contribution is 0.0925. The Labute approximate surface area is 166 Å². The van der Waals surface area contributed by atoms with Gasteiger partial charge in [-0.25, -0.2) is 4.39 Å². The van der Waals surface area contributed by atoms with Crippen LogP contribution in [0.1, 0.15) is 66.4 Å². The molecule has 3 heteroatoms. The minimum atomic E-state index is -0.266. The second-order valence-electron chi connectivity index (χ2n) is 8.37. The highest BCUT2D eigenvalue weighted by Gasteiger charge is 2.39. The summed E-state index contributed by atoms with van der Waals surface area (Å²) in [6, 6.07) is 13.5. The standard InChI is InChI=1S/C25H26FNO/c26-23-13-9-20(10-14-23)4-3-19-7-11-22(12-8-19)24(28)27-18-25(15-1-2-16-25)17-21-5-6-21/h7-14,21H,1-2,5-6,15-18H2,(H,27,28). The van der Waals surface area contributed by atoms with Gasteiger partial charge < -0.3 is 5.32 Å². The van der Waals surface area contributed by atoms with Crippen molar-refractivity contribution in [3.63, 3.8) is 0 Å². The topological polar surface area (TPSA) is 29.1 Å². The first kappa shape index (κ1) is 18.7. The molecule has 2 aliphatic carbocycles. The average molecular weight is 375 g/mol. The molecule has 2 nitrogen and oxygen atoms in total. The molecule has 2 aromatic rings. The largest absolute Gasteiger partial charge is 0.351 e. The molecule has 0 saturated heterocycles. The van der Waals surface area contributed by atoms with Gasteiger partial charge in [0.05, 0.1) is 0 Å². The predicted octanol–water partition coefficient (Wildman–Crippen LogP) is 5.32. The maximum Gasteiger partial charge on any atom is 0.251 e. The second kappa shape index (κ2) is 8.19. The molecule has 4 rings (SSSR count). The van der Waals surface area contributed by atoms with Crippen LogP contribution in [0.25, 0.3) is 0 Å². The maximum absolute atomic E-state index is 12.9. The van der Waals surface area contributed by atoms with Crippen molar-refractivity contribution in [2.24, 2.45) is 11.3 Å². The van der Waals surface area contributed by atoms with Crippen LogP contribution in [-0.4, -0.2) is 12.5 Å². The number of halogens is 1. The van der Waals surface area contributed by atoms with Crippen molar-refractivity contribution in [1.29, 1.82) is 0 Å². The Hall–Kier alpha value is -2.60. The van der Waals surface area contributed by atoms with E-state index in [0.29, 0.717) is 11.0 Å². The fourth-order valence-corrected chi connectivity index (χ4v) is 4.26. The first-order valence-corrected chi connectivity index (χ1v) is 10.3. The normalized spacial score (nSPS) is 17.6. The van der Waals surface area contributed by atoms with Gasteiger partial charge in [0.1, 0.15) is 5.82 Å². The molecule has 28 heavy (non-hydrogen) atoms. The van der Waals surface area contributed by atoms with Crippen LogP contribution in [0.15, 0.2) is 48.5 Å². The minimum absolute atomic E-state index is 0.000107. The fourth-order valence-electron chi connectivity index (χ4n) is 4.26. The Balaban J connectivity index is 1.35. The number of rotatable bonds is 5. The Morgan fingerprint density at radius 3 is 2.11 bits per heavy atom. The van der Waals surface area contributed by atoms with E-state index in [2.05, 4.69) is 17.2 Å². The molecule has 2 aliphatic rings. The van der Waals surface area contributed by atoms with Crippen LogP contribution >= 0.6 is 0 Å². The van der Waals surface area contributed by atoms with E-state index in [4.69, 9.17) is 0 Å². The predicted molar refractivity (Wildman–Crippen MR) is 109 cm³/mol. The number of amides is 1. The molecular weight excluding hydrogens is 349 g/mol. The van der Waals surface area contributed by atoms with E-state index in [1.165, 1.54) is 57.1 Å². The van der Waals surface area contributed by atoms with E-state index < -0.39 is 0 Å². The van der Waals surface area contributed by atoms with Gasteiger partial charge in [0, 0.05) is 23.2 Å². The van der Waals surface area contributed by atoms with Gasteiger partial charge in [-0.15, -0.1) is 0 Å². The molecule has 1 amide bonds. The van der Waals surface area contributed by atoms with Gasteiger partial charge in [0.2, 0.25) is 0 Å². The minimum Gasteiger partial charge on any atom is -0.351 e. The lowest BCUT2D eigenvalue weighted by atomic mass is 9.80. The van der Waals surface area contributed by atoms with Crippen molar-refractivity contribution in [3.8, 4) is 11.8 Å². The van der Waals surface area contributed by atoms with Crippen molar-refractivity contribution in [2.45, 2.75) is 44.9 Å². The molecule has 0 unspecified atom stereocenters. The summed E-state index contributed by atoms with van der Waals surface area (Å²) in [6.07, 6.45) is 9.12. The smallest absolute Gasteiger partial charge is 0.251 e. The molecule has 0 bridgehead atoms. The SMILES string of the molecule is O=C(NCC1(CC2CC2)CCCC1)c1ccc(C#Cc2ccc(F)cc2)cc1. The summed E-state index contributed by atoms with van der Waals surface area (Å²) in [5.74, 6) is 6.70. The molecule has 0 heterocycles. The van der Waals surface area contributed by atoms with Crippen LogP contribution in [0.3, 0.4) is 0 Å². The molecular formula is C25H26FNO. The quantitative estimate of drug-likeness (QED) is 0.705. The van der Waals surface area contributed by atoms with Crippen molar-refractivity contribution in [3.05, 3.63) is 71.0 Å². The molecule has 2 saturated carbocycles. The molecule has 0 spiro atoms. The third-order valence-electron chi connectivity index (χ3n) is 6.05. The van der Waals surface area contributed by atoms with E-state index in [-0.39, 0.29) is 11.7 Å². The summed E-state index contributed by atoms with van der Waals surface area (Å²) < 4.78 is 12.9. The van der Waals surface area contributed by atoms with Gasteiger partial charge in [0.15, 0.2) is 0 Å². The third kappa shape index (κ3) is 4.81. The Kier molecular flexibility index (Phi) is 5.48. The molecule has 0 aromatic heterocycles. The monoisotopic (exact) mass is 375 g/mol. The van der Waals surface area contributed by atoms with E-state index in [1.807, 2.05) is 24.3 Å². The lowest BCUT2D eigenvalue weighted by Crippen LogP contribution is -2.36. The maximum atomic E-state index is 12.9. The van der Waals surface area contributed by atoms with Gasteiger partial charge in [-0.3, -0.25) is 4.79 Å². The van der Waals surface area contributed by atoms with Crippen LogP contribution < -0.4 is 5.32 Å². The number of carbonyl (C=O) groups is 1. The number of nitrogens with one attached hydrogen (secondary N) is 1. The van der Waals surface area contributed by atoms with Gasteiger partial charge in [0.25, 0.3) is 5.91 Å². The number of hydrogen-bond acceptors (Lipinski definition) is 1. The average Bonchev–Trinajstić information content (AvgIpc) is 3.41. The van der Waals surface area contributed by atoms with Crippen molar-refractivity contribution < 1.29 is 9.18 Å². The Morgan fingerprint density at radius 1 is 0.964 bits per heavy atom. The highest BCUT2D eigenvalue weighted by atomic mass is 19.1. The summed E-state index contributed by atoms with van der Waals surface area (Å²) in [6.45, 7) is 0.800. The fraction of sp³-hybridized carbons (Fsp3) is 0.400. The third-order valence-corrected chi connectivity index (χ3v) is 6.05. The molecule has 0 atom stereocenters.